The van der Waals surface area contributed by atoms with Crippen molar-refractivity contribution in [1.82, 2.24) is 0 Å². The second kappa shape index (κ2) is 3.93. The van der Waals surface area contributed by atoms with Gasteiger partial charge in [0.2, 0.25) is 0 Å². The van der Waals surface area contributed by atoms with Gasteiger partial charge < -0.3 is 9.84 Å². The minimum Gasteiger partial charge on any atom is -0.387 e. The Bertz CT molecular complexity index is 152. The van der Waals surface area contributed by atoms with E-state index in [1.165, 1.54) is 0 Å². The van der Waals surface area contributed by atoms with Crippen molar-refractivity contribution in [1.29, 1.82) is 0 Å². The second-order valence-corrected chi connectivity index (χ2v) is 4.49. The summed E-state index contributed by atoms with van der Waals surface area (Å²) in [7, 11) is 0. The predicted octanol–water partition coefficient (Wildman–Crippen LogP) is 1.76. The smallest absolute Gasteiger partial charge is 0.155 e. The van der Waals surface area contributed by atoms with Gasteiger partial charge in [-0.05, 0) is 11.8 Å². The molecule has 0 aromatic heterocycles. The lowest BCUT2D eigenvalue weighted by Crippen LogP contribution is -2.32. The van der Waals surface area contributed by atoms with E-state index >= 15 is 0 Å². The van der Waals surface area contributed by atoms with E-state index in [-0.39, 0.29) is 17.9 Å². The molecule has 0 amide bonds. The number of hydrogen-bond donors (Lipinski definition) is 1. The van der Waals surface area contributed by atoms with Gasteiger partial charge in [0.25, 0.3) is 0 Å². The van der Waals surface area contributed by atoms with Crippen LogP contribution in [-0.2, 0) is 4.74 Å². The molecule has 13 heavy (non-hydrogen) atoms. The van der Waals surface area contributed by atoms with Crippen LogP contribution >= 0.6 is 0 Å². The molecule has 0 aromatic rings. The Morgan fingerprint density at radius 1 is 1.08 bits per heavy atom. The summed E-state index contributed by atoms with van der Waals surface area (Å²) >= 11 is 0. The summed E-state index contributed by atoms with van der Waals surface area (Å²) in [4.78, 5) is 0. The zero-order chi connectivity index (χ0) is 10.2. The molecule has 1 heterocycles. The summed E-state index contributed by atoms with van der Waals surface area (Å²) in [5, 5.41) is 9.55. The fourth-order valence-corrected chi connectivity index (χ4v) is 1.79. The molecular formula is C10H19FO2. The molecular weight excluding hydrogens is 171 g/mol. The Morgan fingerprint density at radius 3 is 1.77 bits per heavy atom. The zero-order valence-corrected chi connectivity index (χ0v) is 8.70. The Morgan fingerprint density at radius 2 is 1.54 bits per heavy atom. The molecule has 1 aliphatic rings. The minimum atomic E-state index is -1.23. The first-order chi connectivity index (χ1) is 5.95. The van der Waals surface area contributed by atoms with Gasteiger partial charge in [-0.1, -0.05) is 27.7 Å². The maximum atomic E-state index is 13.5. The Balaban J connectivity index is 2.66. The Hall–Kier alpha value is -0.150. The van der Waals surface area contributed by atoms with E-state index in [0.29, 0.717) is 0 Å². The van der Waals surface area contributed by atoms with Gasteiger partial charge in [-0.3, -0.25) is 0 Å². The van der Waals surface area contributed by atoms with Crippen LogP contribution in [0.4, 0.5) is 4.39 Å². The van der Waals surface area contributed by atoms with Gasteiger partial charge in [-0.15, -0.1) is 0 Å². The normalized spacial score (nSPS) is 40.6. The van der Waals surface area contributed by atoms with Crippen molar-refractivity contribution in [3.05, 3.63) is 0 Å². The maximum absolute atomic E-state index is 13.5. The van der Waals surface area contributed by atoms with Crippen molar-refractivity contribution >= 4 is 0 Å². The summed E-state index contributed by atoms with van der Waals surface area (Å²) < 4.78 is 19.0. The Labute approximate surface area is 79.1 Å². The summed E-state index contributed by atoms with van der Waals surface area (Å²) in [6.07, 6.45) is -2.97. The van der Waals surface area contributed by atoms with Crippen LogP contribution in [0.2, 0.25) is 0 Å². The molecule has 1 N–H and O–H groups in total. The molecule has 0 saturated carbocycles. The zero-order valence-electron chi connectivity index (χ0n) is 8.70. The first kappa shape index (κ1) is 10.9. The van der Waals surface area contributed by atoms with Crippen LogP contribution in [-0.4, -0.2) is 29.6 Å². The quantitative estimate of drug-likeness (QED) is 0.719. The fraction of sp³-hybridized carbons (Fsp3) is 1.00. The van der Waals surface area contributed by atoms with Crippen molar-refractivity contribution in [2.24, 2.45) is 11.8 Å². The van der Waals surface area contributed by atoms with E-state index in [2.05, 4.69) is 0 Å². The molecule has 0 aliphatic carbocycles. The van der Waals surface area contributed by atoms with Gasteiger partial charge in [0.05, 0.1) is 12.2 Å². The highest BCUT2D eigenvalue weighted by Gasteiger charge is 2.46. The largest absolute Gasteiger partial charge is 0.387 e. The molecule has 0 spiro atoms. The topological polar surface area (TPSA) is 29.5 Å². The van der Waals surface area contributed by atoms with Crippen LogP contribution in [0.25, 0.3) is 0 Å². The average molecular weight is 190 g/mol. The standard InChI is InChI=1S/C10H19FO2/c1-5(2)9-7(11)8(12)10(13-9)6(3)4/h5-10,12H,1-4H3/t7-,8+,9+,10-/m1/s1. The van der Waals surface area contributed by atoms with Crippen molar-refractivity contribution < 1.29 is 14.2 Å². The monoisotopic (exact) mass is 190 g/mol. The van der Waals surface area contributed by atoms with E-state index in [1.54, 1.807) is 0 Å². The summed E-state index contributed by atoms with van der Waals surface area (Å²) in [5.74, 6) is 0.283. The van der Waals surface area contributed by atoms with Crippen molar-refractivity contribution in [2.75, 3.05) is 0 Å². The second-order valence-electron chi connectivity index (χ2n) is 4.49. The SMILES string of the molecule is CC(C)[C@H]1O[C@@H](C(C)C)[C@H](F)[C@@H]1O. The van der Waals surface area contributed by atoms with Crippen LogP contribution in [0.5, 0.6) is 0 Å². The predicted molar refractivity (Wildman–Crippen MR) is 49.2 cm³/mol. The average Bonchev–Trinajstić information content (AvgIpc) is 2.29. The lowest BCUT2D eigenvalue weighted by molar-refractivity contribution is -0.0310. The third kappa shape index (κ3) is 2.02. The van der Waals surface area contributed by atoms with Gasteiger partial charge in [-0.2, -0.15) is 0 Å². The highest BCUT2D eigenvalue weighted by Crippen LogP contribution is 2.32. The van der Waals surface area contributed by atoms with E-state index in [1.807, 2.05) is 27.7 Å². The van der Waals surface area contributed by atoms with Gasteiger partial charge in [-0.25, -0.2) is 4.39 Å². The molecule has 0 aromatic carbocycles. The molecule has 0 radical (unpaired) electrons. The Kier molecular flexibility index (Phi) is 3.30. The minimum absolute atomic E-state index is 0.119. The molecule has 1 rings (SSSR count). The summed E-state index contributed by atoms with van der Waals surface area (Å²) in [6, 6.07) is 0. The van der Waals surface area contributed by atoms with Gasteiger partial charge in [0, 0.05) is 0 Å². The van der Waals surface area contributed by atoms with Crippen LogP contribution in [0, 0.1) is 11.8 Å². The van der Waals surface area contributed by atoms with Crippen LogP contribution in [0.3, 0.4) is 0 Å². The molecule has 0 bridgehead atoms. The van der Waals surface area contributed by atoms with Gasteiger partial charge >= 0.3 is 0 Å². The van der Waals surface area contributed by atoms with Gasteiger partial charge in [0.1, 0.15) is 6.10 Å². The first-order valence-electron chi connectivity index (χ1n) is 4.92. The van der Waals surface area contributed by atoms with E-state index in [0.717, 1.165) is 0 Å². The highest BCUT2D eigenvalue weighted by atomic mass is 19.1. The summed E-state index contributed by atoms with van der Waals surface area (Å²) in [6.45, 7) is 7.69. The van der Waals surface area contributed by atoms with Crippen molar-refractivity contribution in [2.45, 2.75) is 52.2 Å². The van der Waals surface area contributed by atoms with Crippen molar-refractivity contribution in [3.8, 4) is 0 Å². The molecule has 2 nitrogen and oxygen atoms in total. The molecule has 1 saturated heterocycles. The van der Waals surface area contributed by atoms with E-state index in [9.17, 15) is 9.50 Å². The van der Waals surface area contributed by atoms with Crippen LogP contribution in [0.15, 0.2) is 0 Å². The third-order valence-corrected chi connectivity index (χ3v) is 2.61. The molecule has 1 aliphatic heterocycles. The summed E-state index contributed by atoms with van der Waals surface area (Å²) in [5.41, 5.74) is 0. The third-order valence-electron chi connectivity index (χ3n) is 2.61. The number of alkyl halides is 1. The van der Waals surface area contributed by atoms with E-state index in [4.69, 9.17) is 4.74 Å². The molecule has 4 atom stereocenters. The number of hydrogen-bond acceptors (Lipinski definition) is 2. The first-order valence-corrected chi connectivity index (χ1v) is 4.92. The van der Waals surface area contributed by atoms with Crippen LogP contribution < -0.4 is 0 Å². The number of ether oxygens (including phenoxy) is 1. The van der Waals surface area contributed by atoms with Gasteiger partial charge in [0.15, 0.2) is 6.17 Å². The highest BCUT2D eigenvalue weighted by molar-refractivity contribution is 4.93. The molecule has 78 valence electrons. The van der Waals surface area contributed by atoms with Crippen molar-refractivity contribution in [3.63, 3.8) is 0 Å². The number of halogens is 1. The number of aliphatic hydroxyl groups is 1. The molecule has 1 fully saturated rings. The number of aliphatic hydroxyl groups excluding tert-OH is 1. The fourth-order valence-electron chi connectivity index (χ4n) is 1.79. The van der Waals surface area contributed by atoms with E-state index < -0.39 is 18.4 Å². The maximum Gasteiger partial charge on any atom is 0.155 e. The lowest BCUT2D eigenvalue weighted by atomic mass is 9.97. The number of rotatable bonds is 2. The van der Waals surface area contributed by atoms with Crippen LogP contribution in [0.1, 0.15) is 27.7 Å². The molecule has 3 heteroatoms. The lowest BCUT2D eigenvalue weighted by Gasteiger charge is -2.18. The molecule has 0 unspecified atom stereocenters.